The van der Waals surface area contributed by atoms with Crippen molar-refractivity contribution in [1.29, 1.82) is 0 Å². The minimum atomic E-state index is 1.03. The van der Waals surface area contributed by atoms with Gasteiger partial charge in [0.15, 0.2) is 0 Å². The normalized spacial score (nSPS) is 27.1. The first kappa shape index (κ1) is 8.15. The Labute approximate surface area is 75.4 Å². The first-order valence-electron chi connectivity index (χ1n) is 5.34. The molecule has 0 atom stereocenters. The van der Waals surface area contributed by atoms with Gasteiger partial charge in [-0.1, -0.05) is 19.4 Å². The van der Waals surface area contributed by atoms with E-state index in [1.165, 1.54) is 45.2 Å². The number of rotatable bonds is 2. The summed E-state index contributed by atoms with van der Waals surface area (Å²) in [7, 11) is 0. The molecule has 0 radical (unpaired) electrons. The molecule has 0 amide bonds. The molecule has 0 aromatic rings. The largest absolute Gasteiger partial charge is 0.375 e. The van der Waals surface area contributed by atoms with Gasteiger partial charge in [0.25, 0.3) is 0 Å². The summed E-state index contributed by atoms with van der Waals surface area (Å²) in [5.41, 5.74) is 1.65. The lowest BCUT2D eigenvalue weighted by molar-refractivity contribution is 0.159. The molecular formula is C11H19N. The Bertz CT molecular complexity index is 175. The third-order valence-corrected chi connectivity index (χ3v) is 3.19. The molecular weight excluding hydrogens is 146 g/mol. The van der Waals surface area contributed by atoms with Crippen molar-refractivity contribution in [2.24, 2.45) is 5.92 Å². The number of unbranched alkanes of at least 4 members (excludes halogenated alkanes) is 1. The summed E-state index contributed by atoms with van der Waals surface area (Å²) in [6.07, 6.45) is 9.30. The third-order valence-electron chi connectivity index (χ3n) is 3.19. The fraction of sp³-hybridized carbons (Fsp3) is 0.818. The van der Waals surface area contributed by atoms with E-state index in [0.717, 1.165) is 5.92 Å². The lowest BCUT2D eigenvalue weighted by Gasteiger charge is -2.42. The summed E-state index contributed by atoms with van der Waals surface area (Å²) in [6.45, 7) is 4.92. The zero-order chi connectivity index (χ0) is 8.39. The summed E-state index contributed by atoms with van der Waals surface area (Å²) in [4.78, 5) is 2.59. The average molecular weight is 165 g/mol. The summed E-state index contributed by atoms with van der Waals surface area (Å²) in [5.74, 6) is 1.03. The molecule has 1 heteroatoms. The number of hydrogen-bond donors (Lipinski definition) is 0. The topological polar surface area (TPSA) is 3.24 Å². The maximum Gasteiger partial charge on any atom is 0.0177 e. The predicted molar refractivity (Wildman–Crippen MR) is 51.9 cm³/mol. The molecule has 0 N–H and O–H groups in total. The molecule has 3 aliphatic heterocycles. The minimum absolute atomic E-state index is 1.03. The molecule has 0 saturated carbocycles. The molecule has 0 spiro atoms. The Kier molecular flexibility index (Phi) is 2.38. The SMILES string of the molecule is CCCC=C1CC2CCN1CC2. The second-order valence-corrected chi connectivity index (χ2v) is 4.12. The highest BCUT2D eigenvalue weighted by molar-refractivity contribution is 5.08. The molecule has 12 heavy (non-hydrogen) atoms. The fourth-order valence-electron chi connectivity index (χ4n) is 2.37. The van der Waals surface area contributed by atoms with Gasteiger partial charge in [-0.2, -0.15) is 0 Å². The van der Waals surface area contributed by atoms with Crippen molar-refractivity contribution < 1.29 is 0 Å². The highest BCUT2D eigenvalue weighted by atomic mass is 15.2. The number of allylic oxidation sites excluding steroid dienone is 2. The molecule has 0 aliphatic carbocycles. The van der Waals surface area contributed by atoms with E-state index in [0.29, 0.717) is 0 Å². The highest BCUT2D eigenvalue weighted by Gasteiger charge is 2.27. The van der Waals surface area contributed by atoms with E-state index in [-0.39, 0.29) is 0 Å². The van der Waals surface area contributed by atoms with Gasteiger partial charge in [0.05, 0.1) is 0 Å². The van der Waals surface area contributed by atoms with E-state index in [9.17, 15) is 0 Å². The Morgan fingerprint density at radius 2 is 2.17 bits per heavy atom. The van der Waals surface area contributed by atoms with Crippen LogP contribution in [0.5, 0.6) is 0 Å². The van der Waals surface area contributed by atoms with E-state index in [1.807, 2.05) is 0 Å². The molecule has 68 valence electrons. The molecule has 0 aromatic heterocycles. The smallest absolute Gasteiger partial charge is 0.0177 e. The lowest BCUT2D eigenvalue weighted by Crippen LogP contribution is -2.39. The highest BCUT2D eigenvalue weighted by Crippen LogP contribution is 2.34. The Morgan fingerprint density at radius 1 is 1.42 bits per heavy atom. The van der Waals surface area contributed by atoms with Gasteiger partial charge in [-0.25, -0.2) is 0 Å². The summed E-state index contributed by atoms with van der Waals surface area (Å²) in [5, 5.41) is 0. The number of piperidine rings is 3. The van der Waals surface area contributed by atoms with Gasteiger partial charge in [-0.3, -0.25) is 0 Å². The van der Waals surface area contributed by atoms with Gasteiger partial charge in [-0.15, -0.1) is 0 Å². The monoisotopic (exact) mass is 165 g/mol. The number of hydrogen-bond acceptors (Lipinski definition) is 1. The van der Waals surface area contributed by atoms with Gasteiger partial charge in [0.1, 0.15) is 0 Å². The first-order valence-corrected chi connectivity index (χ1v) is 5.34. The maximum atomic E-state index is 2.59. The van der Waals surface area contributed by atoms with Gasteiger partial charge in [-0.05, 0) is 31.6 Å². The van der Waals surface area contributed by atoms with Crippen LogP contribution in [0.25, 0.3) is 0 Å². The van der Waals surface area contributed by atoms with Gasteiger partial charge < -0.3 is 4.90 Å². The standard InChI is InChI=1S/C11H19N/c1-2-3-4-11-9-10-5-7-12(11)8-6-10/h4,10H,2-3,5-9H2,1H3. The van der Waals surface area contributed by atoms with Crippen molar-refractivity contribution in [2.45, 2.75) is 39.0 Å². The summed E-state index contributed by atoms with van der Waals surface area (Å²) in [6, 6.07) is 0. The van der Waals surface area contributed by atoms with Gasteiger partial charge >= 0.3 is 0 Å². The summed E-state index contributed by atoms with van der Waals surface area (Å²) < 4.78 is 0. The molecule has 0 aromatic carbocycles. The van der Waals surface area contributed by atoms with Crippen LogP contribution in [0.3, 0.4) is 0 Å². The zero-order valence-electron chi connectivity index (χ0n) is 8.05. The second-order valence-electron chi connectivity index (χ2n) is 4.12. The summed E-state index contributed by atoms with van der Waals surface area (Å²) >= 11 is 0. The second kappa shape index (κ2) is 3.51. The Hall–Kier alpha value is -0.460. The van der Waals surface area contributed by atoms with Crippen LogP contribution in [0, 0.1) is 5.92 Å². The molecule has 3 aliphatic rings. The van der Waals surface area contributed by atoms with Gasteiger partial charge in [0.2, 0.25) is 0 Å². The predicted octanol–water partition coefficient (Wildman–Crippen LogP) is 2.79. The molecule has 3 heterocycles. The van der Waals surface area contributed by atoms with Gasteiger partial charge in [0, 0.05) is 18.8 Å². The molecule has 0 unspecified atom stereocenters. The molecule has 2 bridgehead atoms. The maximum absolute atomic E-state index is 2.59. The zero-order valence-corrected chi connectivity index (χ0v) is 8.05. The third kappa shape index (κ3) is 1.50. The van der Waals surface area contributed by atoms with Crippen molar-refractivity contribution >= 4 is 0 Å². The van der Waals surface area contributed by atoms with Crippen molar-refractivity contribution in [1.82, 2.24) is 4.90 Å². The van der Waals surface area contributed by atoms with E-state index < -0.39 is 0 Å². The quantitative estimate of drug-likeness (QED) is 0.608. The van der Waals surface area contributed by atoms with E-state index in [2.05, 4.69) is 17.9 Å². The number of nitrogens with zero attached hydrogens (tertiary/aromatic N) is 1. The van der Waals surface area contributed by atoms with Crippen LogP contribution in [0.4, 0.5) is 0 Å². The molecule has 3 rings (SSSR count). The molecule has 3 saturated heterocycles. The van der Waals surface area contributed by atoms with Crippen molar-refractivity contribution in [3.63, 3.8) is 0 Å². The van der Waals surface area contributed by atoms with Crippen molar-refractivity contribution in [2.75, 3.05) is 13.1 Å². The van der Waals surface area contributed by atoms with Crippen LogP contribution >= 0.6 is 0 Å². The first-order chi connectivity index (χ1) is 5.90. The van der Waals surface area contributed by atoms with Crippen LogP contribution < -0.4 is 0 Å². The van der Waals surface area contributed by atoms with Crippen LogP contribution in [0.2, 0.25) is 0 Å². The van der Waals surface area contributed by atoms with Crippen molar-refractivity contribution in [3.8, 4) is 0 Å². The Morgan fingerprint density at radius 3 is 2.67 bits per heavy atom. The van der Waals surface area contributed by atoms with Crippen LogP contribution in [-0.4, -0.2) is 18.0 Å². The molecule has 3 fully saturated rings. The van der Waals surface area contributed by atoms with E-state index >= 15 is 0 Å². The van der Waals surface area contributed by atoms with Crippen LogP contribution in [-0.2, 0) is 0 Å². The fourth-order valence-corrected chi connectivity index (χ4v) is 2.37. The van der Waals surface area contributed by atoms with Crippen LogP contribution in [0.15, 0.2) is 11.8 Å². The van der Waals surface area contributed by atoms with E-state index in [4.69, 9.17) is 0 Å². The van der Waals surface area contributed by atoms with E-state index in [1.54, 1.807) is 5.70 Å². The Balaban J connectivity index is 1.99. The minimum Gasteiger partial charge on any atom is -0.375 e. The molecule has 1 nitrogen and oxygen atoms in total. The number of fused-ring (bicyclic) bond motifs is 3. The van der Waals surface area contributed by atoms with Crippen LogP contribution in [0.1, 0.15) is 39.0 Å². The van der Waals surface area contributed by atoms with Crippen molar-refractivity contribution in [3.05, 3.63) is 11.8 Å². The lowest BCUT2D eigenvalue weighted by atomic mass is 9.86. The average Bonchev–Trinajstić information content (AvgIpc) is 2.17.